The summed E-state index contributed by atoms with van der Waals surface area (Å²) in [5, 5.41) is 23.0. The minimum absolute atomic E-state index is 0.0130. The number of nitriles is 1. The summed E-state index contributed by atoms with van der Waals surface area (Å²) < 4.78 is 5.63. The smallest absolute Gasteiger partial charge is 0.240 e. The molecule has 0 radical (unpaired) electrons. The third kappa shape index (κ3) is 2.75. The zero-order valence-electron chi connectivity index (χ0n) is 13.9. The van der Waals surface area contributed by atoms with Crippen molar-refractivity contribution in [2.24, 2.45) is 10.8 Å². The van der Waals surface area contributed by atoms with E-state index in [9.17, 15) is 15.2 Å². The first-order valence-corrected chi connectivity index (χ1v) is 8.35. The molecule has 1 amide bonds. The van der Waals surface area contributed by atoms with Crippen molar-refractivity contribution in [3.05, 3.63) is 0 Å². The quantitative estimate of drug-likeness (QED) is 0.815. The van der Waals surface area contributed by atoms with Gasteiger partial charge < -0.3 is 15.2 Å². The second kappa shape index (κ2) is 6.17. The minimum Gasteiger partial charge on any atom is -0.387 e. The fraction of sp³-hybridized carbons (Fsp3) is 0.882. The topological polar surface area (TPSA) is 82.3 Å². The van der Waals surface area contributed by atoms with Gasteiger partial charge in [-0.3, -0.25) is 4.79 Å². The molecule has 0 heterocycles. The third-order valence-electron chi connectivity index (χ3n) is 5.79. The van der Waals surface area contributed by atoms with Gasteiger partial charge in [0.05, 0.1) is 17.8 Å². The largest absolute Gasteiger partial charge is 0.387 e. The predicted octanol–water partition coefficient (Wildman–Crippen LogP) is 2.14. The molecule has 0 aliphatic heterocycles. The van der Waals surface area contributed by atoms with E-state index in [0.29, 0.717) is 25.9 Å². The van der Waals surface area contributed by atoms with Gasteiger partial charge in [-0.2, -0.15) is 5.26 Å². The second-order valence-corrected chi connectivity index (χ2v) is 7.34. The molecule has 0 spiro atoms. The van der Waals surface area contributed by atoms with E-state index in [2.05, 4.69) is 11.4 Å². The first kappa shape index (κ1) is 17.2. The molecular formula is C17H28N2O3. The van der Waals surface area contributed by atoms with Crippen LogP contribution in [0.1, 0.15) is 59.3 Å². The monoisotopic (exact) mass is 308 g/mol. The Balaban J connectivity index is 1.95. The lowest BCUT2D eigenvalue weighted by Gasteiger charge is -2.58. The van der Waals surface area contributed by atoms with Crippen LogP contribution in [0.15, 0.2) is 0 Å². The summed E-state index contributed by atoms with van der Waals surface area (Å²) in [5.41, 5.74) is -2.27. The highest BCUT2D eigenvalue weighted by Crippen LogP contribution is 2.51. The molecule has 0 bridgehead atoms. The summed E-state index contributed by atoms with van der Waals surface area (Å²) in [7, 11) is 0. The van der Waals surface area contributed by atoms with Gasteiger partial charge in [0, 0.05) is 25.0 Å². The number of carbonyl (C=O) groups is 1. The lowest BCUT2D eigenvalue weighted by atomic mass is 9.56. The van der Waals surface area contributed by atoms with Gasteiger partial charge in [-0.15, -0.1) is 0 Å². The van der Waals surface area contributed by atoms with Crippen LogP contribution in [0.5, 0.6) is 0 Å². The molecule has 22 heavy (non-hydrogen) atoms. The van der Waals surface area contributed by atoms with Gasteiger partial charge in [0.15, 0.2) is 0 Å². The first-order chi connectivity index (χ1) is 10.3. The summed E-state index contributed by atoms with van der Waals surface area (Å²) in [6.45, 7) is 6.67. The standard InChI is InChI=1S/C17H28N2O3/c1-4-22-13-10-17(21,15(13,2)3)12-19-14(20)16(11-18)8-6-5-7-9-16/h13,21H,4-10,12H2,1-3H3,(H,19,20). The molecule has 2 aliphatic carbocycles. The number of nitrogens with one attached hydrogen (secondary N) is 1. The number of nitrogens with zero attached hydrogens (tertiary/aromatic N) is 1. The fourth-order valence-electron chi connectivity index (χ4n) is 3.70. The fourth-order valence-corrected chi connectivity index (χ4v) is 3.70. The van der Waals surface area contributed by atoms with Crippen LogP contribution in [-0.2, 0) is 9.53 Å². The Labute approximate surface area is 133 Å². The van der Waals surface area contributed by atoms with Crippen LogP contribution in [-0.4, -0.2) is 35.9 Å². The lowest BCUT2D eigenvalue weighted by molar-refractivity contribution is -0.238. The molecule has 0 saturated heterocycles. The zero-order valence-corrected chi connectivity index (χ0v) is 13.9. The van der Waals surface area contributed by atoms with Crippen LogP contribution in [0.4, 0.5) is 0 Å². The first-order valence-electron chi connectivity index (χ1n) is 8.35. The van der Waals surface area contributed by atoms with Crippen LogP contribution in [0.25, 0.3) is 0 Å². The Kier molecular flexibility index (Phi) is 4.84. The van der Waals surface area contributed by atoms with Crippen molar-refractivity contribution in [2.45, 2.75) is 71.0 Å². The maximum absolute atomic E-state index is 12.5. The van der Waals surface area contributed by atoms with Crippen molar-refractivity contribution in [1.29, 1.82) is 5.26 Å². The molecule has 0 aromatic rings. The van der Waals surface area contributed by atoms with Gasteiger partial charge >= 0.3 is 0 Å². The van der Waals surface area contributed by atoms with E-state index < -0.39 is 16.4 Å². The molecule has 2 N–H and O–H groups in total. The molecule has 2 saturated carbocycles. The SMILES string of the molecule is CCOC1CC(O)(CNC(=O)C2(C#N)CCCCC2)C1(C)C. The average Bonchev–Trinajstić information content (AvgIpc) is 2.53. The molecule has 0 aromatic carbocycles. The lowest BCUT2D eigenvalue weighted by Crippen LogP contribution is -2.69. The van der Waals surface area contributed by atoms with Crippen LogP contribution in [0.2, 0.25) is 0 Å². The second-order valence-electron chi connectivity index (χ2n) is 7.34. The van der Waals surface area contributed by atoms with E-state index in [1.54, 1.807) is 0 Å². The molecule has 2 rings (SSSR count). The van der Waals surface area contributed by atoms with Crippen LogP contribution >= 0.6 is 0 Å². The highest BCUT2D eigenvalue weighted by Gasteiger charge is 2.60. The van der Waals surface area contributed by atoms with Gasteiger partial charge in [0.25, 0.3) is 0 Å². The number of ether oxygens (including phenoxy) is 1. The summed E-state index contributed by atoms with van der Waals surface area (Å²) in [6, 6.07) is 2.22. The average molecular weight is 308 g/mol. The van der Waals surface area contributed by atoms with Crippen molar-refractivity contribution in [1.82, 2.24) is 5.32 Å². The van der Waals surface area contributed by atoms with Crippen molar-refractivity contribution >= 4 is 5.91 Å². The molecule has 2 aliphatic rings. The van der Waals surface area contributed by atoms with E-state index in [-0.39, 0.29) is 18.6 Å². The predicted molar refractivity (Wildman–Crippen MR) is 82.9 cm³/mol. The molecule has 5 nitrogen and oxygen atoms in total. The number of amides is 1. The molecule has 2 atom stereocenters. The Morgan fingerprint density at radius 3 is 2.50 bits per heavy atom. The van der Waals surface area contributed by atoms with E-state index >= 15 is 0 Å². The number of aliphatic hydroxyl groups is 1. The molecular weight excluding hydrogens is 280 g/mol. The highest BCUT2D eigenvalue weighted by atomic mass is 16.5. The van der Waals surface area contributed by atoms with E-state index in [1.807, 2.05) is 20.8 Å². The highest BCUT2D eigenvalue weighted by molar-refractivity contribution is 5.85. The summed E-state index contributed by atoms with van der Waals surface area (Å²) in [5.74, 6) is -0.223. The number of hydrogen-bond acceptors (Lipinski definition) is 4. The van der Waals surface area contributed by atoms with E-state index in [4.69, 9.17) is 4.74 Å². The van der Waals surface area contributed by atoms with E-state index in [0.717, 1.165) is 19.3 Å². The van der Waals surface area contributed by atoms with Gasteiger partial charge in [0.2, 0.25) is 5.91 Å². The molecule has 5 heteroatoms. The summed E-state index contributed by atoms with van der Waals surface area (Å²) in [6.07, 6.45) is 4.71. The van der Waals surface area contributed by atoms with Crippen LogP contribution in [0, 0.1) is 22.2 Å². The van der Waals surface area contributed by atoms with Crippen LogP contribution in [0.3, 0.4) is 0 Å². The zero-order chi connectivity index (χ0) is 16.4. The number of hydrogen-bond donors (Lipinski definition) is 2. The molecule has 2 fully saturated rings. The summed E-state index contributed by atoms with van der Waals surface area (Å²) in [4.78, 5) is 12.5. The van der Waals surface area contributed by atoms with Crippen LogP contribution < -0.4 is 5.32 Å². The number of carbonyl (C=O) groups excluding carboxylic acids is 1. The Morgan fingerprint density at radius 1 is 1.36 bits per heavy atom. The third-order valence-corrected chi connectivity index (χ3v) is 5.79. The Hall–Kier alpha value is -1.12. The molecule has 0 aromatic heterocycles. The van der Waals surface area contributed by atoms with Gasteiger partial charge in [-0.05, 0) is 19.8 Å². The summed E-state index contributed by atoms with van der Waals surface area (Å²) >= 11 is 0. The van der Waals surface area contributed by atoms with Crippen molar-refractivity contribution in [3.8, 4) is 6.07 Å². The van der Waals surface area contributed by atoms with Crippen molar-refractivity contribution in [2.75, 3.05) is 13.2 Å². The normalized spacial score (nSPS) is 32.6. The Bertz CT molecular complexity index is 463. The molecule has 2 unspecified atom stereocenters. The van der Waals surface area contributed by atoms with Crippen molar-refractivity contribution < 1.29 is 14.6 Å². The van der Waals surface area contributed by atoms with E-state index in [1.165, 1.54) is 0 Å². The van der Waals surface area contributed by atoms with Gasteiger partial charge in [-0.1, -0.05) is 33.1 Å². The molecule has 124 valence electrons. The van der Waals surface area contributed by atoms with Gasteiger partial charge in [0.1, 0.15) is 5.41 Å². The number of rotatable bonds is 5. The maximum atomic E-state index is 12.5. The Morgan fingerprint density at radius 2 is 2.00 bits per heavy atom. The van der Waals surface area contributed by atoms with Gasteiger partial charge in [-0.25, -0.2) is 0 Å². The maximum Gasteiger partial charge on any atom is 0.240 e. The minimum atomic E-state index is -0.964. The van der Waals surface area contributed by atoms with Crippen molar-refractivity contribution in [3.63, 3.8) is 0 Å².